The molecule has 0 spiro atoms. The first-order valence-corrected chi connectivity index (χ1v) is 9.55. The molecule has 2 N–H and O–H groups in total. The summed E-state index contributed by atoms with van der Waals surface area (Å²) in [7, 11) is 3.16. The Labute approximate surface area is 174 Å². The average molecular weight is 402 g/mol. The number of methoxy groups -OCH3 is 2. The zero-order valence-electron chi connectivity index (χ0n) is 16.8. The third-order valence-corrected chi connectivity index (χ3v) is 4.85. The molecule has 2 aromatic carbocycles. The third-order valence-electron chi connectivity index (χ3n) is 4.85. The molecule has 2 amide bonds. The topological polar surface area (TPSA) is 85.4 Å². The van der Waals surface area contributed by atoms with E-state index in [1.807, 2.05) is 60.7 Å². The number of rotatable bonds is 6. The molecule has 2 aromatic heterocycles. The largest absolute Gasteiger partial charge is 0.481 e. The molecule has 152 valence electrons. The maximum atomic E-state index is 12.5. The highest BCUT2D eigenvalue weighted by atomic mass is 16.5. The van der Waals surface area contributed by atoms with Gasteiger partial charge in [0.1, 0.15) is 0 Å². The molecule has 0 radical (unpaired) electrons. The van der Waals surface area contributed by atoms with Crippen molar-refractivity contribution in [2.75, 3.05) is 14.2 Å². The smallest absolute Gasteiger partial charge is 0.315 e. The van der Waals surface area contributed by atoms with Gasteiger partial charge in [-0.3, -0.25) is 0 Å². The van der Waals surface area contributed by atoms with E-state index in [1.54, 1.807) is 14.2 Å². The Morgan fingerprint density at radius 3 is 1.63 bits per heavy atom. The molecule has 2 heterocycles. The molecule has 7 heteroatoms. The number of benzene rings is 2. The lowest BCUT2D eigenvalue weighted by Crippen LogP contribution is -2.34. The van der Waals surface area contributed by atoms with Crippen LogP contribution >= 0.6 is 0 Å². The van der Waals surface area contributed by atoms with Crippen molar-refractivity contribution in [3.05, 3.63) is 71.8 Å². The van der Waals surface area contributed by atoms with Crippen molar-refractivity contribution in [2.24, 2.45) is 0 Å². The lowest BCUT2D eigenvalue weighted by molar-refractivity contribution is 0.240. The Morgan fingerprint density at radius 2 is 1.20 bits per heavy atom. The van der Waals surface area contributed by atoms with E-state index in [4.69, 9.17) is 9.47 Å². The van der Waals surface area contributed by atoms with Crippen molar-refractivity contribution in [1.29, 1.82) is 0 Å². The first kappa shape index (κ1) is 19.4. The highest BCUT2D eigenvalue weighted by molar-refractivity contribution is 5.85. The van der Waals surface area contributed by atoms with Crippen LogP contribution in [0, 0.1) is 0 Å². The normalized spacial score (nSPS) is 10.7. The molecule has 0 atom stereocenters. The van der Waals surface area contributed by atoms with Gasteiger partial charge in [0.05, 0.1) is 25.3 Å². The fourth-order valence-electron chi connectivity index (χ4n) is 3.36. The van der Waals surface area contributed by atoms with Crippen LogP contribution in [0.1, 0.15) is 11.1 Å². The molecule has 30 heavy (non-hydrogen) atoms. The van der Waals surface area contributed by atoms with Crippen LogP contribution in [0.3, 0.4) is 0 Å². The van der Waals surface area contributed by atoms with Gasteiger partial charge in [-0.25, -0.2) is 14.8 Å². The molecular formula is C23H22N4O3. The second-order valence-corrected chi connectivity index (χ2v) is 6.72. The second kappa shape index (κ2) is 8.65. The number of aromatic nitrogens is 2. The Kier molecular flexibility index (Phi) is 5.61. The summed E-state index contributed by atoms with van der Waals surface area (Å²) in [6.07, 6.45) is 0. The molecule has 4 rings (SSSR count). The zero-order chi connectivity index (χ0) is 20.9. The SMILES string of the molecule is COc1cc(CNC(=O)NCc2cc(OC)nc3ccccc23)c2ccccc2n1. The quantitative estimate of drug-likeness (QED) is 0.512. The number of fused-ring (bicyclic) bond motifs is 2. The predicted molar refractivity (Wildman–Crippen MR) is 116 cm³/mol. The molecule has 0 aliphatic rings. The van der Waals surface area contributed by atoms with Gasteiger partial charge in [-0.1, -0.05) is 36.4 Å². The molecule has 0 bridgehead atoms. The van der Waals surface area contributed by atoms with Gasteiger partial charge in [0.15, 0.2) is 0 Å². The number of pyridine rings is 2. The second-order valence-electron chi connectivity index (χ2n) is 6.72. The van der Waals surface area contributed by atoms with Crippen molar-refractivity contribution in [1.82, 2.24) is 20.6 Å². The lowest BCUT2D eigenvalue weighted by Gasteiger charge is -2.12. The Morgan fingerprint density at radius 1 is 0.767 bits per heavy atom. The predicted octanol–water partition coefficient (Wildman–Crippen LogP) is 3.80. The van der Waals surface area contributed by atoms with E-state index in [9.17, 15) is 4.79 Å². The van der Waals surface area contributed by atoms with Crippen molar-refractivity contribution in [3.8, 4) is 11.8 Å². The molecule has 0 aliphatic carbocycles. The number of hydrogen-bond donors (Lipinski definition) is 2. The van der Waals surface area contributed by atoms with Gasteiger partial charge in [0, 0.05) is 36.0 Å². The number of carbonyl (C=O) groups excluding carboxylic acids is 1. The van der Waals surface area contributed by atoms with E-state index in [2.05, 4.69) is 20.6 Å². The van der Waals surface area contributed by atoms with Crippen molar-refractivity contribution in [2.45, 2.75) is 13.1 Å². The molecule has 0 saturated heterocycles. The van der Waals surface area contributed by atoms with Crippen LogP contribution < -0.4 is 20.1 Å². The highest BCUT2D eigenvalue weighted by Gasteiger charge is 2.10. The number of nitrogens with zero attached hydrogens (tertiary/aromatic N) is 2. The summed E-state index contributed by atoms with van der Waals surface area (Å²) in [5, 5.41) is 7.77. The van der Waals surface area contributed by atoms with Crippen LogP contribution in [-0.4, -0.2) is 30.2 Å². The van der Waals surface area contributed by atoms with Crippen LogP contribution in [0.15, 0.2) is 60.7 Å². The van der Waals surface area contributed by atoms with Gasteiger partial charge in [0.2, 0.25) is 11.8 Å². The zero-order valence-corrected chi connectivity index (χ0v) is 16.8. The lowest BCUT2D eigenvalue weighted by atomic mass is 10.1. The number of para-hydroxylation sites is 2. The Bertz CT molecular complexity index is 1120. The summed E-state index contributed by atoms with van der Waals surface area (Å²) in [6.45, 7) is 0.706. The number of urea groups is 1. The van der Waals surface area contributed by atoms with E-state index >= 15 is 0 Å². The maximum Gasteiger partial charge on any atom is 0.315 e. The average Bonchev–Trinajstić information content (AvgIpc) is 2.80. The van der Waals surface area contributed by atoms with Crippen LogP contribution in [0.25, 0.3) is 21.8 Å². The molecule has 0 saturated carbocycles. The fourth-order valence-corrected chi connectivity index (χ4v) is 3.36. The van der Waals surface area contributed by atoms with E-state index in [-0.39, 0.29) is 6.03 Å². The van der Waals surface area contributed by atoms with Crippen LogP contribution in [-0.2, 0) is 13.1 Å². The molecular weight excluding hydrogens is 380 g/mol. The number of hydrogen-bond acceptors (Lipinski definition) is 5. The molecule has 0 aliphatic heterocycles. The van der Waals surface area contributed by atoms with E-state index < -0.39 is 0 Å². The van der Waals surface area contributed by atoms with E-state index in [0.29, 0.717) is 24.8 Å². The molecule has 7 nitrogen and oxygen atoms in total. The minimum absolute atomic E-state index is 0.269. The van der Waals surface area contributed by atoms with Gasteiger partial charge < -0.3 is 20.1 Å². The summed E-state index contributed by atoms with van der Waals surface area (Å²) in [6, 6.07) is 18.9. The summed E-state index contributed by atoms with van der Waals surface area (Å²) in [5.41, 5.74) is 3.51. The Balaban J connectivity index is 1.47. The van der Waals surface area contributed by atoms with E-state index in [0.717, 1.165) is 32.9 Å². The first-order valence-electron chi connectivity index (χ1n) is 9.55. The van der Waals surface area contributed by atoms with Crippen LogP contribution in [0.4, 0.5) is 4.79 Å². The summed E-state index contributed by atoms with van der Waals surface area (Å²) in [5.74, 6) is 1.03. The van der Waals surface area contributed by atoms with Crippen molar-refractivity contribution in [3.63, 3.8) is 0 Å². The fraction of sp³-hybridized carbons (Fsp3) is 0.174. The minimum Gasteiger partial charge on any atom is -0.481 e. The van der Waals surface area contributed by atoms with Crippen molar-refractivity contribution >= 4 is 27.8 Å². The van der Waals surface area contributed by atoms with Gasteiger partial charge in [-0.15, -0.1) is 0 Å². The summed E-state index contributed by atoms with van der Waals surface area (Å²) < 4.78 is 10.6. The van der Waals surface area contributed by atoms with Gasteiger partial charge in [0.25, 0.3) is 0 Å². The van der Waals surface area contributed by atoms with Crippen LogP contribution in [0.2, 0.25) is 0 Å². The monoisotopic (exact) mass is 402 g/mol. The third kappa shape index (κ3) is 4.10. The standard InChI is InChI=1S/C23H22N4O3/c1-29-21-11-15(17-7-3-5-9-19(17)26-21)13-24-23(28)25-14-16-12-22(30-2)27-20-10-6-4-8-18(16)20/h3-12H,13-14H2,1-2H3,(H2,24,25,28). The first-order chi connectivity index (χ1) is 14.7. The van der Waals surface area contributed by atoms with Gasteiger partial charge >= 0.3 is 6.03 Å². The number of ether oxygens (including phenoxy) is 2. The van der Waals surface area contributed by atoms with Crippen LogP contribution in [0.5, 0.6) is 11.8 Å². The molecule has 0 fully saturated rings. The molecule has 0 unspecified atom stereocenters. The number of nitrogens with one attached hydrogen (secondary N) is 2. The Hall–Kier alpha value is -3.87. The number of amides is 2. The summed E-state index contributed by atoms with van der Waals surface area (Å²) in [4.78, 5) is 21.3. The maximum absolute atomic E-state index is 12.5. The minimum atomic E-state index is -0.269. The number of carbonyl (C=O) groups is 1. The van der Waals surface area contributed by atoms with Gasteiger partial charge in [-0.05, 0) is 23.3 Å². The van der Waals surface area contributed by atoms with Crippen molar-refractivity contribution < 1.29 is 14.3 Å². The van der Waals surface area contributed by atoms with Gasteiger partial charge in [-0.2, -0.15) is 0 Å². The van der Waals surface area contributed by atoms with E-state index in [1.165, 1.54) is 0 Å². The highest BCUT2D eigenvalue weighted by Crippen LogP contribution is 2.23. The molecule has 4 aromatic rings. The summed E-state index contributed by atoms with van der Waals surface area (Å²) >= 11 is 0.